The fourth-order valence-corrected chi connectivity index (χ4v) is 2.38. The molecule has 1 fully saturated rings. The lowest BCUT2D eigenvalue weighted by Gasteiger charge is -2.21. The Balaban J connectivity index is 2.30. The summed E-state index contributed by atoms with van der Waals surface area (Å²) in [4.78, 5) is 24.7. The molecule has 1 aromatic rings. The number of carbonyl (C=O) groups excluding carboxylic acids is 1. The van der Waals surface area contributed by atoms with Gasteiger partial charge in [-0.25, -0.2) is 4.79 Å². The van der Waals surface area contributed by atoms with Crippen LogP contribution >= 0.6 is 0 Å². The monoisotopic (exact) mass is 267 g/mol. The average Bonchev–Trinajstić information content (AvgIpc) is 2.91. The maximum Gasteiger partial charge on any atom is 0.326 e. The highest BCUT2D eigenvalue weighted by Crippen LogP contribution is 2.21. The summed E-state index contributed by atoms with van der Waals surface area (Å²) in [7, 11) is 0. The average molecular weight is 267 g/mol. The van der Waals surface area contributed by atoms with Crippen LogP contribution in [-0.4, -0.2) is 55.5 Å². The molecule has 2 heterocycles. The second-order valence-electron chi connectivity index (χ2n) is 4.69. The minimum atomic E-state index is -1.09. The number of amides is 1. The van der Waals surface area contributed by atoms with Crippen molar-refractivity contribution in [1.82, 2.24) is 14.7 Å². The third-order valence-corrected chi connectivity index (χ3v) is 3.25. The second kappa shape index (κ2) is 5.00. The smallest absolute Gasteiger partial charge is 0.326 e. The normalized spacial score (nSPS) is 22.8. The van der Waals surface area contributed by atoms with Crippen LogP contribution in [0.25, 0.3) is 0 Å². The van der Waals surface area contributed by atoms with E-state index in [1.807, 2.05) is 6.92 Å². The molecule has 1 amide bonds. The van der Waals surface area contributed by atoms with Gasteiger partial charge in [0.25, 0.3) is 5.91 Å². The number of carboxylic acids is 1. The van der Waals surface area contributed by atoms with E-state index in [0.29, 0.717) is 17.9 Å². The van der Waals surface area contributed by atoms with Crippen LogP contribution in [0.4, 0.5) is 0 Å². The SMILES string of the molecule is CCn1nc(C)cc1C(=O)N1C[C@H](O)C[C@@H]1C(=O)O. The van der Waals surface area contributed by atoms with Gasteiger partial charge in [0.05, 0.1) is 11.8 Å². The molecular formula is C12H17N3O4. The Morgan fingerprint density at radius 2 is 2.21 bits per heavy atom. The van der Waals surface area contributed by atoms with Crippen molar-refractivity contribution >= 4 is 11.9 Å². The van der Waals surface area contributed by atoms with Crippen molar-refractivity contribution in [2.45, 2.75) is 39.0 Å². The number of rotatable bonds is 3. The van der Waals surface area contributed by atoms with Gasteiger partial charge >= 0.3 is 5.97 Å². The molecular weight excluding hydrogens is 250 g/mol. The van der Waals surface area contributed by atoms with E-state index in [1.54, 1.807) is 17.7 Å². The predicted molar refractivity (Wildman–Crippen MR) is 65.7 cm³/mol. The van der Waals surface area contributed by atoms with Gasteiger partial charge in [0.2, 0.25) is 0 Å². The zero-order valence-corrected chi connectivity index (χ0v) is 10.9. The van der Waals surface area contributed by atoms with Gasteiger partial charge < -0.3 is 15.1 Å². The molecule has 1 aliphatic heterocycles. The van der Waals surface area contributed by atoms with E-state index in [1.165, 1.54) is 4.90 Å². The first-order valence-electron chi connectivity index (χ1n) is 6.20. The molecule has 2 N–H and O–H groups in total. The summed E-state index contributed by atoms with van der Waals surface area (Å²) in [6.07, 6.45) is -0.718. The number of aliphatic carboxylic acids is 1. The molecule has 1 aliphatic rings. The molecule has 0 unspecified atom stereocenters. The number of hydrogen-bond donors (Lipinski definition) is 2. The molecule has 7 nitrogen and oxygen atoms in total. The molecule has 2 atom stereocenters. The first-order valence-corrected chi connectivity index (χ1v) is 6.20. The topological polar surface area (TPSA) is 95.7 Å². The first kappa shape index (κ1) is 13.5. The van der Waals surface area contributed by atoms with E-state index in [9.17, 15) is 14.7 Å². The van der Waals surface area contributed by atoms with Gasteiger partial charge in [0.15, 0.2) is 0 Å². The Kier molecular flexibility index (Phi) is 3.57. The molecule has 0 radical (unpaired) electrons. The zero-order valence-electron chi connectivity index (χ0n) is 10.9. The lowest BCUT2D eigenvalue weighted by molar-refractivity contribution is -0.141. The van der Waals surface area contributed by atoms with Gasteiger partial charge in [-0.15, -0.1) is 0 Å². The van der Waals surface area contributed by atoms with Crippen molar-refractivity contribution in [1.29, 1.82) is 0 Å². The summed E-state index contributed by atoms with van der Waals surface area (Å²) in [5.41, 5.74) is 1.07. The van der Waals surface area contributed by atoms with E-state index < -0.39 is 24.0 Å². The Bertz CT molecular complexity index is 511. The van der Waals surface area contributed by atoms with Crippen molar-refractivity contribution < 1.29 is 19.8 Å². The molecule has 2 rings (SSSR count). The van der Waals surface area contributed by atoms with Crippen LogP contribution in [0.2, 0.25) is 0 Å². The lowest BCUT2D eigenvalue weighted by Crippen LogP contribution is -2.41. The number of hydrogen-bond acceptors (Lipinski definition) is 4. The molecule has 0 saturated carbocycles. The highest BCUT2D eigenvalue weighted by Gasteiger charge is 2.40. The van der Waals surface area contributed by atoms with Crippen molar-refractivity contribution in [3.05, 3.63) is 17.5 Å². The minimum Gasteiger partial charge on any atom is -0.480 e. The molecule has 19 heavy (non-hydrogen) atoms. The van der Waals surface area contributed by atoms with Gasteiger partial charge in [-0.3, -0.25) is 9.48 Å². The number of carboxylic acid groups (broad SMARTS) is 1. The Morgan fingerprint density at radius 1 is 1.53 bits per heavy atom. The molecule has 1 aromatic heterocycles. The lowest BCUT2D eigenvalue weighted by atomic mass is 10.2. The van der Waals surface area contributed by atoms with E-state index in [2.05, 4.69) is 5.10 Å². The van der Waals surface area contributed by atoms with Crippen LogP contribution in [0.3, 0.4) is 0 Å². The number of likely N-dealkylation sites (tertiary alicyclic amines) is 1. The predicted octanol–water partition coefficient (Wildman–Crippen LogP) is -0.129. The second-order valence-corrected chi connectivity index (χ2v) is 4.69. The van der Waals surface area contributed by atoms with E-state index in [0.717, 1.165) is 0 Å². The van der Waals surface area contributed by atoms with Crippen LogP contribution in [0.1, 0.15) is 29.5 Å². The molecule has 0 spiro atoms. The molecule has 7 heteroatoms. The van der Waals surface area contributed by atoms with E-state index >= 15 is 0 Å². The maximum absolute atomic E-state index is 12.4. The molecule has 1 saturated heterocycles. The number of aromatic nitrogens is 2. The number of nitrogens with zero attached hydrogens (tertiary/aromatic N) is 3. The van der Waals surface area contributed by atoms with Gasteiger partial charge in [0, 0.05) is 19.5 Å². The quantitative estimate of drug-likeness (QED) is 0.795. The van der Waals surface area contributed by atoms with Crippen LogP contribution in [0, 0.1) is 6.92 Å². The third kappa shape index (κ3) is 2.46. The Labute approximate surface area is 110 Å². The third-order valence-electron chi connectivity index (χ3n) is 3.25. The van der Waals surface area contributed by atoms with Gasteiger partial charge in [0.1, 0.15) is 11.7 Å². The van der Waals surface area contributed by atoms with Crippen LogP contribution < -0.4 is 0 Å². The zero-order chi connectivity index (χ0) is 14.2. The van der Waals surface area contributed by atoms with E-state index in [-0.39, 0.29) is 13.0 Å². The minimum absolute atomic E-state index is 0.0454. The van der Waals surface area contributed by atoms with Gasteiger partial charge in [-0.2, -0.15) is 5.10 Å². The highest BCUT2D eigenvalue weighted by atomic mass is 16.4. The van der Waals surface area contributed by atoms with Crippen LogP contribution in [0.15, 0.2) is 6.07 Å². The fraction of sp³-hybridized carbons (Fsp3) is 0.583. The number of aliphatic hydroxyl groups excluding tert-OH is 1. The Hall–Kier alpha value is -1.89. The van der Waals surface area contributed by atoms with Crippen LogP contribution in [-0.2, 0) is 11.3 Å². The summed E-state index contributed by atoms with van der Waals surface area (Å²) in [6, 6.07) is 0.665. The summed E-state index contributed by atoms with van der Waals surface area (Å²) in [6.45, 7) is 4.21. The molecule has 0 bridgehead atoms. The number of β-amino-alcohol motifs (C(OH)–C–C–N with tert-alkyl or cyclic N) is 1. The summed E-state index contributed by atoms with van der Waals surface area (Å²) >= 11 is 0. The summed E-state index contributed by atoms with van der Waals surface area (Å²) in [5, 5.41) is 22.8. The molecule has 0 aliphatic carbocycles. The number of aliphatic hydroxyl groups is 1. The van der Waals surface area contributed by atoms with Crippen molar-refractivity contribution in [3.8, 4) is 0 Å². The summed E-state index contributed by atoms with van der Waals surface area (Å²) in [5.74, 6) is -1.49. The number of carbonyl (C=O) groups is 2. The molecule has 104 valence electrons. The standard InChI is InChI=1S/C12H17N3O4/c1-3-15-9(4-7(2)13-15)11(17)14-6-8(16)5-10(14)12(18)19/h4,8,10,16H,3,5-6H2,1-2H3,(H,18,19)/t8-,10-/m1/s1. The van der Waals surface area contributed by atoms with E-state index in [4.69, 9.17) is 5.11 Å². The highest BCUT2D eigenvalue weighted by molar-refractivity contribution is 5.95. The number of aryl methyl sites for hydroxylation is 2. The first-order chi connectivity index (χ1) is 8.93. The van der Waals surface area contributed by atoms with Crippen molar-refractivity contribution in [2.75, 3.05) is 6.54 Å². The van der Waals surface area contributed by atoms with Crippen molar-refractivity contribution in [3.63, 3.8) is 0 Å². The van der Waals surface area contributed by atoms with Gasteiger partial charge in [-0.05, 0) is 19.9 Å². The largest absolute Gasteiger partial charge is 0.480 e. The van der Waals surface area contributed by atoms with Crippen molar-refractivity contribution in [2.24, 2.45) is 0 Å². The maximum atomic E-state index is 12.4. The molecule has 0 aromatic carbocycles. The van der Waals surface area contributed by atoms with Gasteiger partial charge in [-0.1, -0.05) is 0 Å². The fourth-order valence-electron chi connectivity index (χ4n) is 2.38. The summed E-state index contributed by atoms with van der Waals surface area (Å²) < 4.78 is 1.54. The Morgan fingerprint density at radius 3 is 2.79 bits per heavy atom. The van der Waals surface area contributed by atoms with Crippen LogP contribution in [0.5, 0.6) is 0 Å².